The summed E-state index contributed by atoms with van der Waals surface area (Å²) in [6.07, 6.45) is 3.53. The molecule has 0 unspecified atom stereocenters. The summed E-state index contributed by atoms with van der Waals surface area (Å²) in [5, 5.41) is 9.10. The number of carboxylic acid groups (broad SMARTS) is 1. The van der Waals surface area contributed by atoms with Crippen LogP contribution in [0.4, 0.5) is 5.69 Å². The van der Waals surface area contributed by atoms with Crippen LogP contribution in [0.3, 0.4) is 0 Å². The number of nitrogens with zero attached hydrogens (tertiary/aromatic N) is 1. The molecule has 1 rings (SSSR count). The zero-order valence-corrected chi connectivity index (χ0v) is 10.2. The van der Waals surface area contributed by atoms with Gasteiger partial charge < -0.3 is 10.0 Å². The van der Waals surface area contributed by atoms with Gasteiger partial charge in [-0.2, -0.15) is 0 Å². The highest BCUT2D eigenvalue weighted by Crippen LogP contribution is 2.23. The molecule has 4 heteroatoms. The van der Waals surface area contributed by atoms with E-state index in [1.165, 1.54) is 6.07 Å². The molecular weight excluding hydrogens is 238 g/mol. The van der Waals surface area contributed by atoms with Gasteiger partial charge in [0.2, 0.25) is 0 Å². The standard InChI is InChI=1S/C13H14ClNO2/c1-3-7-15(8-4-2)10-5-6-11(13(16)17)12(14)9-10/h3-6,9H,1-2,7-8H2,(H,16,17). The second-order valence-corrected chi connectivity index (χ2v) is 3.86. The maximum atomic E-state index is 10.8. The van der Waals surface area contributed by atoms with Crippen molar-refractivity contribution in [2.75, 3.05) is 18.0 Å². The second kappa shape index (κ2) is 6.11. The maximum absolute atomic E-state index is 10.8. The number of carbonyl (C=O) groups is 1. The first-order valence-corrected chi connectivity index (χ1v) is 5.47. The summed E-state index contributed by atoms with van der Waals surface area (Å²) < 4.78 is 0. The highest BCUT2D eigenvalue weighted by Gasteiger charge is 2.11. The molecule has 0 aromatic heterocycles. The smallest absolute Gasteiger partial charge is 0.337 e. The molecule has 1 N–H and O–H groups in total. The lowest BCUT2D eigenvalue weighted by atomic mass is 10.2. The van der Waals surface area contributed by atoms with Gasteiger partial charge in [0.25, 0.3) is 0 Å². The zero-order chi connectivity index (χ0) is 12.8. The number of hydrogen-bond acceptors (Lipinski definition) is 2. The summed E-state index contributed by atoms with van der Waals surface area (Å²) in [6.45, 7) is 8.64. The Hall–Kier alpha value is -1.74. The largest absolute Gasteiger partial charge is 0.478 e. The summed E-state index contributed by atoms with van der Waals surface area (Å²) in [4.78, 5) is 12.8. The van der Waals surface area contributed by atoms with Gasteiger partial charge in [0.15, 0.2) is 0 Å². The van der Waals surface area contributed by atoms with Gasteiger partial charge in [0.05, 0.1) is 10.6 Å². The summed E-state index contributed by atoms with van der Waals surface area (Å²) in [5.41, 5.74) is 0.951. The molecule has 0 spiro atoms. The van der Waals surface area contributed by atoms with E-state index in [4.69, 9.17) is 16.7 Å². The number of hydrogen-bond donors (Lipinski definition) is 1. The van der Waals surface area contributed by atoms with Crippen LogP contribution in [0.15, 0.2) is 43.5 Å². The molecule has 1 aromatic carbocycles. The van der Waals surface area contributed by atoms with E-state index in [2.05, 4.69) is 13.2 Å². The molecule has 0 saturated carbocycles. The van der Waals surface area contributed by atoms with Crippen LogP contribution in [-0.4, -0.2) is 24.2 Å². The first-order chi connectivity index (χ1) is 8.10. The van der Waals surface area contributed by atoms with Gasteiger partial charge in [-0.25, -0.2) is 4.79 Å². The number of anilines is 1. The third-order valence-electron chi connectivity index (χ3n) is 2.25. The van der Waals surface area contributed by atoms with E-state index in [1.807, 2.05) is 4.90 Å². The SMILES string of the molecule is C=CCN(CC=C)c1ccc(C(=O)O)c(Cl)c1. The first kappa shape index (κ1) is 13.3. The molecule has 3 nitrogen and oxygen atoms in total. The van der Waals surface area contributed by atoms with E-state index in [1.54, 1.807) is 24.3 Å². The van der Waals surface area contributed by atoms with Gasteiger partial charge in [0.1, 0.15) is 0 Å². The molecule has 17 heavy (non-hydrogen) atoms. The van der Waals surface area contributed by atoms with Crippen LogP contribution in [0.1, 0.15) is 10.4 Å². The van der Waals surface area contributed by atoms with Crippen molar-refractivity contribution in [2.45, 2.75) is 0 Å². The van der Waals surface area contributed by atoms with Crippen molar-refractivity contribution in [3.63, 3.8) is 0 Å². The van der Waals surface area contributed by atoms with Crippen LogP contribution >= 0.6 is 11.6 Å². The third-order valence-corrected chi connectivity index (χ3v) is 2.56. The number of aromatic carboxylic acids is 1. The molecule has 0 aliphatic heterocycles. The quantitative estimate of drug-likeness (QED) is 0.790. The number of rotatable bonds is 6. The van der Waals surface area contributed by atoms with Crippen molar-refractivity contribution >= 4 is 23.3 Å². The number of halogens is 1. The summed E-state index contributed by atoms with van der Waals surface area (Å²) in [6, 6.07) is 4.86. The molecule has 1 aromatic rings. The Morgan fingerprint density at radius 3 is 2.35 bits per heavy atom. The molecule has 0 amide bonds. The van der Waals surface area contributed by atoms with Crippen molar-refractivity contribution in [1.82, 2.24) is 0 Å². The minimum atomic E-state index is -1.03. The van der Waals surface area contributed by atoms with Gasteiger partial charge in [-0.05, 0) is 18.2 Å². The number of benzene rings is 1. The van der Waals surface area contributed by atoms with Gasteiger partial charge >= 0.3 is 5.97 Å². The minimum absolute atomic E-state index is 0.104. The fraction of sp³-hybridized carbons (Fsp3) is 0.154. The Kier molecular flexibility index (Phi) is 4.79. The van der Waals surface area contributed by atoms with Crippen LogP contribution in [0.2, 0.25) is 5.02 Å². The minimum Gasteiger partial charge on any atom is -0.478 e. The van der Waals surface area contributed by atoms with Gasteiger partial charge in [0, 0.05) is 18.8 Å². The van der Waals surface area contributed by atoms with Gasteiger partial charge in [-0.1, -0.05) is 23.8 Å². The predicted molar refractivity (Wildman–Crippen MR) is 71.0 cm³/mol. The molecule has 0 radical (unpaired) electrons. The zero-order valence-electron chi connectivity index (χ0n) is 9.40. The average molecular weight is 252 g/mol. The van der Waals surface area contributed by atoms with Gasteiger partial charge in [-0.3, -0.25) is 0 Å². The van der Waals surface area contributed by atoms with E-state index in [9.17, 15) is 4.79 Å². The molecule has 0 saturated heterocycles. The first-order valence-electron chi connectivity index (χ1n) is 5.09. The van der Waals surface area contributed by atoms with Crippen LogP contribution < -0.4 is 4.90 Å². The lowest BCUT2D eigenvalue weighted by Gasteiger charge is -2.22. The summed E-state index contributed by atoms with van der Waals surface area (Å²) >= 11 is 5.91. The van der Waals surface area contributed by atoms with E-state index < -0.39 is 5.97 Å². The van der Waals surface area contributed by atoms with E-state index in [-0.39, 0.29) is 10.6 Å². The Morgan fingerprint density at radius 2 is 1.94 bits per heavy atom. The van der Waals surface area contributed by atoms with E-state index in [0.29, 0.717) is 13.1 Å². The van der Waals surface area contributed by atoms with E-state index >= 15 is 0 Å². The average Bonchev–Trinajstić information content (AvgIpc) is 2.28. The Morgan fingerprint density at radius 1 is 1.35 bits per heavy atom. The monoisotopic (exact) mass is 251 g/mol. The molecule has 0 heterocycles. The van der Waals surface area contributed by atoms with Crippen molar-refractivity contribution < 1.29 is 9.90 Å². The predicted octanol–water partition coefficient (Wildman–Crippen LogP) is 3.22. The molecule has 0 fully saturated rings. The maximum Gasteiger partial charge on any atom is 0.337 e. The third kappa shape index (κ3) is 3.36. The highest BCUT2D eigenvalue weighted by atomic mass is 35.5. The second-order valence-electron chi connectivity index (χ2n) is 3.45. The fourth-order valence-corrected chi connectivity index (χ4v) is 1.73. The topological polar surface area (TPSA) is 40.5 Å². The van der Waals surface area contributed by atoms with Crippen molar-refractivity contribution in [1.29, 1.82) is 0 Å². The molecule has 0 bridgehead atoms. The molecule has 0 atom stereocenters. The van der Waals surface area contributed by atoms with E-state index in [0.717, 1.165) is 5.69 Å². The normalized spacial score (nSPS) is 9.71. The van der Waals surface area contributed by atoms with Crippen LogP contribution in [0, 0.1) is 0 Å². The Bertz CT molecular complexity index is 433. The fourth-order valence-electron chi connectivity index (χ4n) is 1.47. The lowest BCUT2D eigenvalue weighted by Crippen LogP contribution is -2.23. The molecule has 90 valence electrons. The molecule has 0 aliphatic carbocycles. The van der Waals surface area contributed by atoms with Crippen molar-refractivity contribution in [2.24, 2.45) is 0 Å². The van der Waals surface area contributed by atoms with Crippen molar-refractivity contribution in [3.05, 3.63) is 54.1 Å². The van der Waals surface area contributed by atoms with Gasteiger partial charge in [-0.15, -0.1) is 13.2 Å². The van der Waals surface area contributed by atoms with Crippen LogP contribution in [0.5, 0.6) is 0 Å². The summed E-state index contributed by atoms with van der Waals surface area (Å²) in [5.74, 6) is -1.03. The van der Waals surface area contributed by atoms with Crippen LogP contribution in [-0.2, 0) is 0 Å². The van der Waals surface area contributed by atoms with Crippen LogP contribution in [0.25, 0.3) is 0 Å². The number of carboxylic acids is 1. The molecular formula is C13H14ClNO2. The lowest BCUT2D eigenvalue weighted by molar-refractivity contribution is 0.0697. The summed E-state index contributed by atoms with van der Waals surface area (Å²) in [7, 11) is 0. The Labute approximate surface area is 106 Å². The van der Waals surface area contributed by atoms with Crippen molar-refractivity contribution in [3.8, 4) is 0 Å². The molecule has 0 aliphatic rings. The Balaban J connectivity index is 3.04. The highest BCUT2D eigenvalue weighted by molar-refractivity contribution is 6.33.